The van der Waals surface area contributed by atoms with Crippen LogP contribution in [-0.4, -0.2) is 17.9 Å². The number of anilines is 1. The number of halogens is 1. The number of carbonyl (C=O) groups excluding carboxylic acids is 1. The number of aryl methyl sites for hydroxylation is 1. The SMILES string of the molecule is CCc1ccc(CN(C)C(=O)c2ccc(N)c(Cl)c2)cc1. The van der Waals surface area contributed by atoms with E-state index in [4.69, 9.17) is 17.3 Å². The topological polar surface area (TPSA) is 46.3 Å². The molecule has 21 heavy (non-hydrogen) atoms. The molecule has 0 saturated carbocycles. The molecule has 2 aromatic carbocycles. The summed E-state index contributed by atoms with van der Waals surface area (Å²) in [5, 5.41) is 0.404. The second kappa shape index (κ2) is 6.64. The molecule has 4 heteroatoms. The van der Waals surface area contributed by atoms with Gasteiger partial charge in [0.1, 0.15) is 0 Å². The molecule has 3 nitrogen and oxygen atoms in total. The molecule has 0 heterocycles. The fraction of sp³-hybridized carbons (Fsp3) is 0.235. The van der Waals surface area contributed by atoms with E-state index in [1.165, 1.54) is 5.56 Å². The molecule has 2 N–H and O–H groups in total. The number of nitrogens with two attached hydrogens (primary N) is 1. The molecule has 1 amide bonds. The maximum absolute atomic E-state index is 12.4. The van der Waals surface area contributed by atoms with Gasteiger partial charge in [-0.1, -0.05) is 42.8 Å². The molecular weight excluding hydrogens is 284 g/mol. The summed E-state index contributed by atoms with van der Waals surface area (Å²) in [6.45, 7) is 2.68. The van der Waals surface area contributed by atoms with E-state index in [2.05, 4.69) is 31.2 Å². The number of rotatable bonds is 4. The van der Waals surface area contributed by atoms with Gasteiger partial charge in [0.2, 0.25) is 0 Å². The van der Waals surface area contributed by atoms with Gasteiger partial charge < -0.3 is 10.6 Å². The Kier molecular flexibility index (Phi) is 4.86. The molecule has 0 aliphatic heterocycles. The first-order chi connectivity index (χ1) is 10.0. The molecule has 110 valence electrons. The standard InChI is InChI=1S/C17H19ClN2O/c1-3-12-4-6-13(7-5-12)11-20(2)17(21)14-8-9-16(19)15(18)10-14/h4-10H,3,11,19H2,1-2H3. The Morgan fingerprint density at radius 3 is 2.33 bits per heavy atom. The summed E-state index contributed by atoms with van der Waals surface area (Å²) in [7, 11) is 1.78. The van der Waals surface area contributed by atoms with Crippen molar-refractivity contribution in [3.05, 3.63) is 64.2 Å². The summed E-state index contributed by atoms with van der Waals surface area (Å²) in [4.78, 5) is 14.0. The molecule has 0 aliphatic carbocycles. The Labute approximate surface area is 130 Å². The molecule has 0 bridgehead atoms. The van der Waals surface area contributed by atoms with Crippen LogP contribution in [0.15, 0.2) is 42.5 Å². The van der Waals surface area contributed by atoms with E-state index in [-0.39, 0.29) is 5.91 Å². The molecular formula is C17H19ClN2O. The lowest BCUT2D eigenvalue weighted by Crippen LogP contribution is -2.26. The van der Waals surface area contributed by atoms with Crippen molar-refractivity contribution in [3.63, 3.8) is 0 Å². The summed E-state index contributed by atoms with van der Waals surface area (Å²) in [6.07, 6.45) is 1.01. The Morgan fingerprint density at radius 1 is 1.14 bits per heavy atom. The van der Waals surface area contributed by atoms with E-state index in [1.54, 1.807) is 30.1 Å². The summed E-state index contributed by atoms with van der Waals surface area (Å²) in [5.74, 6) is -0.0727. The van der Waals surface area contributed by atoms with Crippen molar-refractivity contribution in [1.82, 2.24) is 4.90 Å². The van der Waals surface area contributed by atoms with Crippen LogP contribution in [0.1, 0.15) is 28.4 Å². The smallest absolute Gasteiger partial charge is 0.253 e. The van der Waals surface area contributed by atoms with Gasteiger partial charge in [-0.2, -0.15) is 0 Å². The summed E-state index contributed by atoms with van der Waals surface area (Å²) in [6, 6.07) is 13.2. The highest BCUT2D eigenvalue weighted by Gasteiger charge is 2.13. The highest BCUT2D eigenvalue weighted by molar-refractivity contribution is 6.33. The quantitative estimate of drug-likeness (QED) is 0.874. The predicted octanol–water partition coefficient (Wildman–Crippen LogP) is 3.76. The minimum atomic E-state index is -0.0727. The van der Waals surface area contributed by atoms with Crippen LogP contribution in [0, 0.1) is 0 Å². The van der Waals surface area contributed by atoms with Gasteiger partial charge in [-0.25, -0.2) is 0 Å². The van der Waals surface area contributed by atoms with E-state index in [0.717, 1.165) is 12.0 Å². The van der Waals surface area contributed by atoms with Crippen molar-refractivity contribution >= 4 is 23.2 Å². The maximum Gasteiger partial charge on any atom is 0.253 e. The Morgan fingerprint density at radius 2 is 1.76 bits per heavy atom. The van der Waals surface area contributed by atoms with Gasteiger partial charge in [-0.05, 0) is 35.7 Å². The normalized spacial score (nSPS) is 10.4. The van der Waals surface area contributed by atoms with Crippen LogP contribution in [0.5, 0.6) is 0 Å². The molecule has 0 radical (unpaired) electrons. The van der Waals surface area contributed by atoms with Gasteiger partial charge in [0.15, 0.2) is 0 Å². The molecule has 0 atom stereocenters. The first-order valence-corrected chi connectivity index (χ1v) is 7.27. The lowest BCUT2D eigenvalue weighted by molar-refractivity contribution is 0.0785. The largest absolute Gasteiger partial charge is 0.398 e. The third-order valence-electron chi connectivity index (χ3n) is 3.45. The molecule has 0 unspecified atom stereocenters. The monoisotopic (exact) mass is 302 g/mol. The highest BCUT2D eigenvalue weighted by atomic mass is 35.5. The van der Waals surface area contributed by atoms with E-state index >= 15 is 0 Å². The van der Waals surface area contributed by atoms with Crippen LogP contribution in [-0.2, 0) is 13.0 Å². The van der Waals surface area contributed by atoms with Gasteiger partial charge in [-0.15, -0.1) is 0 Å². The Hall–Kier alpha value is -2.00. The van der Waals surface area contributed by atoms with Crippen LogP contribution in [0.4, 0.5) is 5.69 Å². The van der Waals surface area contributed by atoms with Crippen molar-refractivity contribution in [3.8, 4) is 0 Å². The fourth-order valence-electron chi connectivity index (χ4n) is 2.11. The summed E-state index contributed by atoms with van der Waals surface area (Å²) in [5.41, 5.74) is 9.07. The zero-order chi connectivity index (χ0) is 15.4. The molecule has 2 rings (SSSR count). The lowest BCUT2D eigenvalue weighted by Gasteiger charge is -2.18. The minimum Gasteiger partial charge on any atom is -0.398 e. The number of nitrogens with zero attached hydrogens (tertiary/aromatic N) is 1. The zero-order valence-electron chi connectivity index (χ0n) is 12.3. The van der Waals surface area contributed by atoms with Crippen LogP contribution >= 0.6 is 11.6 Å². The molecule has 0 spiro atoms. The van der Waals surface area contributed by atoms with Crippen molar-refractivity contribution in [2.75, 3.05) is 12.8 Å². The van der Waals surface area contributed by atoms with Gasteiger partial charge in [0.05, 0.1) is 10.7 Å². The number of carbonyl (C=O) groups is 1. The number of hydrogen-bond donors (Lipinski definition) is 1. The number of benzene rings is 2. The van der Waals surface area contributed by atoms with E-state index in [1.807, 2.05) is 0 Å². The summed E-state index contributed by atoms with van der Waals surface area (Å²) >= 11 is 5.96. The van der Waals surface area contributed by atoms with Crippen LogP contribution in [0.3, 0.4) is 0 Å². The third kappa shape index (κ3) is 3.76. The Bertz CT molecular complexity index is 638. The number of amides is 1. The molecule has 0 aliphatic rings. The maximum atomic E-state index is 12.4. The van der Waals surface area contributed by atoms with Crippen molar-refractivity contribution in [2.45, 2.75) is 19.9 Å². The second-order valence-corrected chi connectivity index (χ2v) is 5.47. The van der Waals surface area contributed by atoms with Crippen LogP contribution in [0.25, 0.3) is 0 Å². The van der Waals surface area contributed by atoms with Crippen molar-refractivity contribution in [1.29, 1.82) is 0 Å². The number of hydrogen-bond acceptors (Lipinski definition) is 2. The predicted molar refractivity (Wildman–Crippen MR) is 87.5 cm³/mol. The first kappa shape index (κ1) is 15.4. The number of nitrogen functional groups attached to an aromatic ring is 1. The lowest BCUT2D eigenvalue weighted by atomic mass is 10.1. The Balaban J connectivity index is 2.09. The molecule has 0 saturated heterocycles. The van der Waals surface area contributed by atoms with Gasteiger partial charge in [-0.3, -0.25) is 4.79 Å². The van der Waals surface area contributed by atoms with Crippen molar-refractivity contribution < 1.29 is 4.79 Å². The van der Waals surface area contributed by atoms with Gasteiger partial charge in [0.25, 0.3) is 5.91 Å². The minimum absolute atomic E-state index is 0.0727. The molecule has 0 aromatic heterocycles. The third-order valence-corrected chi connectivity index (χ3v) is 3.77. The van der Waals surface area contributed by atoms with Gasteiger partial charge in [0, 0.05) is 19.2 Å². The van der Waals surface area contributed by atoms with E-state index in [0.29, 0.717) is 22.8 Å². The van der Waals surface area contributed by atoms with E-state index < -0.39 is 0 Å². The van der Waals surface area contributed by atoms with Crippen LogP contribution in [0.2, 0.25) is 5.02 Å². The average Bonchev–Trinajstić information content (AvgIpc) is 2.50. The van der Waals surface area contributed by atoms with Gasteiger partial charge >= 0.3 is 0 Å². The van der Waals surface area contributed by atoms with Crippen molar-refractivity contribution in [2.24, 2.45) is 0 Å². The first-order valence-electron chi connectivity index (χ1n) is 6.89. The highest BCUT2D eigenvalue weighted by Crippen LogP contribution is 2.20. The average molecular weight is 303 g/mol. The second-order valence-electron chi connectivity index (χ2n) is 5.07. The van der Waals surface area contributed by atoms with E-state index in [9.17, 15) is 4.79 Å². The fourth-order valence-corrected chi connectivity index (χ4v) is 2.29. The molecule has 2 aromatic rings. The summed E-state index contributed by atoms with van der Waals surface area (Å²) < 4.78 is 0. The molecule has 0 fully saturated rings. The van der Waals surface area contributed by atoms with Crippen LogP contribution < -0.4 is 5.73 Å². The zero-order valence-corrected chi connectivity index (χ0v) is 13.0.